The predicted molar refractivity (Wildman–Crippen MR) is 72.8 cm³/mol. The summed E-state index contributed by atoms with van der Waals surface area (Å²) in [7, 11) is 1.17. The number of nitrogens with one attached hydrogen (secondary N) is 3. The van der Waals surface area contributed by atoms with Gasteiger partial charge in [0.25, 0.3) is 0 Å². The van der Waals surface area contributed by atoms with Gasteiger partial charge in [-0.25, -0.2) is 25.2 Å². The molecule has 1 heterocycles. The number of hydrogen-bond acceptors (Lipinski definition) is 5. The van der Waals surface area contributed by atoms with Crippen molar-refractivity contribution in [3.63, 3.8) is 0 Å². The topological polar surface area (TPSA) is 109 Å². The molecule has 4 amide bonds. The number of amides is 4. The van der Waals surface area contributed by atoms with Crippen molar-refractivity contribution in [3.8, 4) is 0 Å². The van der Waals surface area contributed by atoms with Gasteiger partial charge in [0.1, 0.15) is 6.61 Å². The molecule has 1 aliphatic rings. The summed E-state index contributed by atoms with van der Waals surface area (Å²) in [6, 6.07) is 6.01. The van der Waals surface area contributed by atoms with E-state index in [1.807, 2.05) is 5.43 Å². The number of cyclic esters (lactones) is 1. The number of hydrazine groups is 1. The lowest BCUT2D eigenvalue weighted by atomic mass is 10.2. The van der Waals surface area contributed by atoms with Gasteiger partial charge in [0.15, 0.2) is 0 Å². The van der Waals surface area contributed by atoms with Crippen molar-refractivity contribution in [2.75, 3.05) is 30.5 Å². The number of carbonyl (C=O) groups is 3. The average molecular weight is 294 g/mol. The van der Waals surface area contributed by atoms with Crippen molar-refractivity contribution in [2.45, 2.75) is 0 Å². The third-order valence-electron chi connectivity index (χ3n) is 2.64. The Labute approximate surface area is 120 Å². The highest BCUT2D eigenvalue weighted by Crippen LogP contribution is 2.22. The molecule has 0 bridgehead atoms. The van der Waals surface area contributed by atoms with Crippen LogP contribution in [0.1, 0.15) is 0 Å². The highest BCUT2D eigenvalue weighted by Gasteiger charge is 2.23. The van der Waals surface area contributed by atoms with E-state index in [4.69, 9.17) is 4.74 Å². The van der Waals surface area contributed by atoms with Crippen LogP contribution in [0.15, 0.2) is 24.3 Å². The first-order valence-electron chi connectivity index (χ1n) is 6.05. The maximum Gasteiger partial charge on any atom is 0.425 e. The van der Waals surface area contributed by atoms with Gasteiger partial charge in [0.05, 0.1) is 13.7 Å². The molecule has 112 valence electrons. The smallest absolute Gasteiger partial charge is 0.425 e. The molecule has 21 heavy (non-hydrogen) atoms. The first kappa shape index (κ1) is 14.4. The van der Waals surface area contributed by atoms with Gasteiger partial charge in [-0.3, -0.25) is 4.90 Å². The highest BCUT2D eigenvalue weighted by molar-refractivity contribution is 5.93. The summed E-state index contributed by atoms with van der Waals surface area (Å²) in [5.74, 6) is 0. The number of rotatable bonds is 2. The van der Waals surface area contributed by atoms with Gasteiger partial charge in [0.2, 0.25) is 0 Å². The maximum absolute atomic E-state index is 11.5. The normalized spacial score (nSPS) is 13.4. The zero-order chi connectivity index (χ0) is 15.2. The second kappa shape index (κ2) is 6.46. The van der Waals surface area contributed by atoms with Crippen molar-refractivity contribution in [1.29, 1.82) is 0 Å². The predicted octanol–water partition coefficient (Wildman–Crippen LogP) is 1.04. The molecule has 0 aromatic heterocycles. The van der Waals surface area contributed by atoms with Gasteiger partial charge in [-0.15, -0.1) is 0 Å². The van der Waals surface area contributed by atoms with Crippen LogP contribution in [0.4, 0.5) is 25.8 Å². The zero-order valence-corrected chi connectivity index (χ0v) is 11.2. The van der Waals surface area contributed by atoms with E-state index in [1.165, 1.54) is 12.0 Å². The fourth-order valence-corrected chi connectivity index (χ4v) is 1.70. The number of nitrogens with zero attached hydrogens (tertiary/aromatic N) is 1. The van der Waals surface area contributed by atoms with E-state index >= 15 is 0 Å². The Morgan fingerprint density at radius 1 is 1.33 bits per heavy atom. The summed E-state index contributed by atoms with van der Waals surface area (Å²) < 4.78 is 9.14. The number of urea groups is 1. The van der Waals surface area contributed by atoms with E-state index in [0.717, 1.165) is 0 Å². The SMILES string of the molecule is COC(=O)NNC(=O)Nc1cccc(N2CCOC2=O)c1. The molecular weight excluding hydrogens is 280 g/mol. The van der Waals surface area contributed by atoms with Crippen LogP contribution in [-0.4, -0.2) is 38.5 Å². The monoisotopic (exact) mass is 294 g/mol. The fraction of sp³-hybridized carbons (Fsp3) is 0.250. The summed E-state index contributed by atoms with van der Waals surface area (Å²) in [4.78, 5) is 35.2. The van der Waals surface area contributed by atoms with Crippen molar-refractivity contribution in [2.24, 2.45) is 0 Å². The number of ether oxygens (including phenoxy) is 2. The van der Waals surface area contributed by atoms with Crippen LogP contribution in [-0.2, 0) is 9.47 Å². The van der Waals surface area contributed by atoms with Crippen LogP contribution in [0.25, 0.3) is 0 Å². The third-order valence-corrected chi connectivity index (χ3v) is 2.64. The summed E-state index contributed by atoms with van der Waals surface area (Å²) in [5, 5.41) is 2.50. The fourth-order valence-electron chi connectivity index (χ4n) is 1.70. The molecule has 1 aromatic carbocycles. The molecule has 0 unspecified atom stereocenters. The Morgan fingerprint density at radius 2 is 2.14 bits per heavy atom. The van der Waals surface area contributed by atoms with Crippen LogP contribution < -0.4 is 21.1 Å². The molecule has 1 saturated heterocycles. The van der Waals surface area contributed by atoms with Crippen molar-refractivity contribution in [1.82, 2.24) is 10.9 Å². The lowest BCUT2D eigenvalue weighted by molar-refractivity contribution is 0.166. The maximum atomic E-state index is 11.5. The average Bonchev–Trinajstić information content (AvgIpc) is 2.91. The number of anilines is 2. The molecule has 2 rings (SSSR count). The van der Waals surface area contributed by atoms with E-state index in [9.17, 15) is 14.4 Å². The summed E-state index contributed by atoms with van der Waals surface area (Å²) >= 11 is 0. The minimum absolute atomic E-state index is 0.333. The quantitative estimate of drug-likeness (QED) is 0.706. The molecule has 0 saturated carbocycles. The Morgan fingerprint density at radius 3 is 2.81 bits per heavy atom. The van der Waals surface area contributed by atoms with Gasteiger partial charge in [-0.05, 0) is 18.2 Å². The Balaban J connectivity index is 1.96. The molecular formula is C12H14N4O5. The van der Waals surface area contributed by atoms with Gasteiger partial charge in [0, 0.05) is 11.4 Å². The summed E-state index contributed by atoms with van der Waals surface area (Å²) in [6.07, 6.45) is -1.22. The van der Waals surface area contributed by atoms with Crippen molar-refractivity contribution >= 4 is 29.6 Å². The second-order valence-electron chi connectivity index (χ2n) is 4.01. The standard InChI is InChI=1S/C12H14N4O5/c1-20-11(18)15-14-10(17)13-8-3-2-4-9(7-8)16-5-6-21-12(16)19/h2-4,7H,5-6H2,1H3,(H,15,18)(H2,13,14,17). The van der Waals surface area contributed by atoms with Gasteiger partial charge < -0.3 is 14.8 Å². The van der Waals surface area contributed by atoms with Crippen LogP contribution in [0.3, 0.4) is 0 Å². The molecule has 9 heteroatoms. The largest absolute Gasteiger partial charge is 0.452 e. The minimum Gasteiger partial charge on any atom is -0.452 e. The number of carbonyl (C=O) groups excluding carboxylic acids is 3. The molecule has 0 radical (unpaired) electrons. The van der Waals surface area contributed by atoms with Crippen molar-refractivity contribution in [3.05, 3.63) is 24.3 Å². The molecule has 0 spiro atoms. The van der Waals surface area contributed by atoms with Crippen molar-refractivity contribution < 1.29 is 23.9 Å². The zero-order valence-electron chi connectivity index (χ0n) is 11.2. The Bertz CT molecular complexity index is 562. The lowest BCUT2D eigenvalue weighted by Crippen LogP contribution is -2.43. The van der Waals surface area contributed by atoms with Gasteiger partial charge in [-0.2, -0.15) is 0 Å². The van der Waals surface area contributed by atoms with Crippen LogP contribution in [0.2, 0.25) is 0 Å². The van der Waals surface area contributed by atoms with Gasteiger partial charge in [-0.1, -0.05) is 6.07 Å². The minimum atomic E-state index is -0.793. The molecule has 0 aliphatic carbocycles. The second-order valence-corrected chi connectivity index (χ2v) is 4.01. The van der Waals surface area contributed by atoms with Gasteiger partial charge >= 0.3 is 18.2 Å². The van der Waals surface area contributed by atoms with Crippen LogP contribution in [0.5, 0.6) is 0 Å². The summed E-state index contributed by atoms with van der Waals surface area (Å²) in [5.41, 5.74) is 5.18. The number of hydrogen-bond donors (Lipinski definition) is 3. The van der Waals surface area contributed by atoms with E-state index < -0.39 is 18.2 Å². The molecule has 1 fully saturated rings. The Hall–Kier alpha value is -2.97. The first-order chi connectivity index (χ1) is 10.1. The summed E-state index contributed by atoms with van der Waals surface area (Å²) in [6.45, 7) is 0.790. The number of methoxy groups -OCH3 is 1. The molecule has 1 aromatic rings. The van der Waals surface area contributed by atoms with E-state index in [1.54, 1.807) is 24.3 Å². The Kier molecular flexibility index (Phi) is 4.44. The van der Waals surface area contributed by atoms with E-state index in [-0.39, 0.29) is 0 Å². The molecule has 9 nitrogen and oxygen atoms in total. The molecule has 1 aliphatic heterocycles. The van der Waals surface area contributed by atoms with Crippen LogP contribution in [0, 0.1) is 0 Å². The third kappa shape index (κ3) is 3.75. The lowest BCUT2D eigenvalue weighted by Gasteiger charge is -2.14. The highest BCUT2D eigenvalue weighted by atomic mass is 16.6. The molecule has 3 N–H and O–H groups in total. The molecule has 0 atom stereocenters. The first-order valence-corrected chi connectivity index (χ1v) is 6.05. The van der Waals surface area contributed by atoms with E-state index in [0.29, 0.717) is 24.5 Å². The van der Waals surface area contributed by atoms with E-state index in [2.05, 4.69) is 15.5 Å². The number of benzene rings is 1. The van der Waals surface area contributed by atoms with Crippen LogP contribution >= 0.6 is 0 Å².